The molecular weight excluding hydrogens is 321 g/mol. The molecule has 0 bridgehead atoms. The van der Waals surface area contributed by atoms with Gasteiger partial charge >= 0.3 is 0 Å². The molecule has 10 heteroatoms. The summed E-state index contributed by atoms with van der Waals surface area (Å²) in [6, 6.07) is 0. The summed E-state index contributed by atoms with van der Waals surface area (Å²) in [6.07, 6.45) is 0. The van der Waals surface area contributed by atoms with Crippen molar-refractivity contribution >= 4 is 87.5 Å². The van der Waals surface area contributed by atoms with Gasteiger partial charge in [0.15, 0.2) is 0 Å². The summed E-state index contributed by atoms with van der Waals surface area (Å²) < 4.78 is 0.250. The maximum absolute atomic E-state index is 4.66. The van der Waals surface area contributed by atoms with E-state index in [1.807, 2.05) is 0 Å². The number of rotatable bonds is 0. The molecule has 0 aliphatic carbocycles. The van der Waals surface area contributed by atoms with Gasteiger partial charge in [-0.2, -0.15) is 0 Å². The van der Waals surface area contributed by atoms with Crippen LogP contribution < -0.4 is 17.2 Å². The van der Waals surface area contributed by atoms with Crippen LogP contribution in [0.3, 0.4) is 0 Å². The largest absolute Gasteiger partial charge is 0.415 e. The van der Waals surface area contributed by atoms with Crippen LogP contribution in [0.15, 0.2) is 0 Å². The summed E-state index contributed by atoms with van der Waals surface area (Å²) >= 11 is 24.8. The second-order valence-electron chi connectivity index (χ2n) is 0.957. The van der Waals surface area contributed by atoms with E-state index in [0.717, 1.165) is 0 Å². The van der Waals surface area contributed by atoms with Crippen LogP contribution in [0.25, 0.3) is 0 Å². The number of thiocarbonyl (C=S) groups is 3. The maximum Gasteiger partial charge on any atom is 0 e. The van der Waals surface area contributed by atoms with Crippen LogP contribution in [0.1, 0.15) is 0 Å². The topological polar surface area (TPSA) is 78.1 Å². The summed E-state index contributed by atoms with van der Waals surface area (Å²) in [6.45, 7) is 0. The van der Waals surface area contributed by atoms with E-state index in [0.29, 0.717) is 0 Å². The third-order valence-electron chi connectivity index (χ3n) is 0. The Bertz CT molecular complexity index is 121. The third kappa shape index (κ3) is 1840. The number of hydrogen-bond acceptors (Lipinski definition) is 6. The SMILES string of the molecule is NC(=S)[S-].NC(=S)[S-].NC(=S)[S-].[V]. The van der Waals surface area contributed by atoms with E-state index < -0.39 is 0 Å². The van der Waals surface area contributed by atoms with Crippen LogP contribution in [-0.4, -0.2) is 13.0 Å². The summed E-state index contributed by atoms with van der Waals surface area (Å²) in [5.74, 6) is 0. The minimum atomic E-state index is 0. The maximum atomic E-state index is 4.66. The molecule has 0 fully saturated rings. The van der Waals surface area contributed by atoms with Gasteiger partial charge in [-0.3, -0.25) is 0 Å². The van der Waals surface area contributed by atoms with E-state index in [1.165, 1.54) is 0 Å². The van der Waals surface area contributed by atoms with Gasteiger partial charge in [0.2, 0.25) is 0 Å². The van der Waals surface area contributed by atoms with Crippen LogP contribution in [0.2, 0.25) is 0 Å². The molecular formula is C3H6N3S6V-3. The van der Waals surface area contributed by atoms with Gasteiger partial charge in [-0.05, 0) is 0 Å². The van der Waals surface area contributed by atoms with Crippen LogP contribution in [-0.2, 0) is 56.4 Å². The molecule has 0 aliphatic heterocycles. The van der Waals surface area contributed by atoms with Gasteiger partial charge < -0.3 is 91.7 Å². The average Bonchev–Trinajstić information content (AvgIpc) is 1.54. The summed E-state index contributed by atoms with van der Waals surface area (Å²) in [4.78, 5) is 0. The van der Waals surface area contributed by atoms with Gasteiger partial charge in [-0.1, -0.05) is 13.0 Å². The van der Waals surface area contributed by atoms with Crippen LogP contribution >= 0.6 is 36.7 Å². The molecule has 6 N–H and O–H groups in total. The Morgan fingerprint density at radius 1 is 0.692 bits per heavy atom. The molecule has 1 radical (unpaired) electrons. The molecule has 0 saturated heterocycles. The zero-order valence-electron chi connectivity index (χ0n) is 6.13. The molecule has 0 saturated carbocycles. The predicted octanol–water partition coefficient (Wildman–Crippen LogP) is -0.672. The summed E-state index contributed by atoms with van der Waals surface area (Å²) in [7, 11) is 0. The molecule has 0 spiro atoms. The second kappa shape index (κ2) is 18.7. The van der Waals surface area contributed by atoms with Crippen LogP contribution in [0.5, 0.6) is 0 Å². The van der Waals surface area contributed by atoms with Crippen molar-refractivity contribution < 1.29 is 18.6 Å². The zero-order valence-corrected chi connectivity index (χ0v) is 12.4. The van der Waals surface area contributed by atoms with Crippen LogP contribution in [0, 0.1) is 0 Å². The monoisotopic (exact) mass is 327 g/mol. The first-order chi connectivity index (χ1) is 5.20. The molecule has 0 aliphatic rings. The quantitative estimate of drug-likeness (QED) is 0.396. The van der Waals surface area contributed by atoms with Crippen LogP contribution in [0.4, 0.5) is 0 Å². The van der Waals surface area contributed by atoms with Gasteiger partial charge in [0.05, 0.1) is 0 Å². The van der Waals surface area contributed by atoms with Crippen molar-refractivity contribution in [2.24, 2.45) is 17.2 Å². The molecule has 0 rings (SSSR count). The van der Waals surface area contributed by atoms with E-state index in [1.54, 1.807) is 0 Å². The van der Waals surface area contributed by atoms with Gasteiger partial charge in [0, 0.05) is 18.6 Å². The summed E-state index contributed by atoms with van der Waals surface area (Å²) in [5.41, 5.74) is 14.0. The minimum Gasteiger partial charge on any atom is -0.415 e. The summed E-state index contributed by atoms with van der Waals surface area (Å²) in [5, 5.41) is 0. The van der Waals surface area contributed by atoms with Crippen molar-refractivity contribution in [3.05, 3.63) is 0 Å². The molecule has 0 heterocycles. The first kappa shape index (κ1) is 23.6. The Kier molecular flexibility index (Phi) is 33.9. The molecule has 0 aromatic heterocycles. The Labute approximate surface area is 122 Å². The smallest absolute Gasteiger partial charge is 0 e. The molecule has 0 unspecified atom stereocenters. The van der Waals surface area contributed by atoms with Crippen molar-refractivity contribution in [1.82, 2.24) is 0 Å². The average molecular weight is 327 g/mol. The molecule has 0 amide bonds. The van der Waals surface area contributed by atoms with Crippen molar-refractivity contribution in [3.63, 3.8) is 0 Å². The fourth-order valence-corrected chi connectivity index (χ4v) is 0. The number of hydrogen-bond donors (Lipinski definition) is 3. The predicted molar refractivity (Wildman–Crippen MR) is 72.5 cm³/mol. The van der Waals surface area contributed by atoms with E-state index in [4.69, 9.17) is 0 Å². The van der Waals surface area contributed by atoms with Gasteiger partial charge in [0.1, 0.15) is 0 Å². The van der Waals surface area contributed by atoms with Gasteiger partial charge in [0.25, 0.3) is 0 Å². The minimum absolute atomic E-state index is 0. The molecule has 0 aromatic rings. The van der Waals surface area contributed by atoms with Crippen molar-refractivity contribution in [2.45, 2.75) is 0 Å². The van der Waals surface area contributed by atoms with E-state index in [9.17, 15) is 0 Å². The fourth-order valence-electron chi connectivity index (χ4n) is 0. The standard InChI is InChI=1S/3CH3NS2.V/c3*2-1(3)4;/h3*(H3,2,3,4);/p-3. The Morgan fingerprint density at radius 3 is 0.692 bits per heavy atom. The van der Waals surface area contributed by atoms with Crippen molar-refractivity contribution in [1.29, 1.82) is 0 Å². The Balaban J connectivity index is -0.0000000450. The first-order valence-electron chi connectivity index (χ1n) is 2.09. The first-order valence-corrected chi connectivity index (χ1v) is 4.54. The second-order valence-corrected chi connectivity index (χ2v) is 4.37. The van der Waals surface area contributed by atoms with Crippen molar-refractivity contribution in [2.75, 3.05) is 0 Å². The van der Waals surface area contributed by atoms with Gasteiger partial charge in [-0.15, -0.1) is 0 Å². The van der Waals surface area contributed by atoms with E-state index >= 15 is 0 Å². The van der Waals surface area contributed by atoms with Gasteiger partial charge in [-0.25, -0.2) is 0 Å². The Hall–Kier alpha value is 0.914. The van der Waals surface area contributed by atoms with E-state index in [2.05, 4.69) is 91.7 Å². The number of nitrogens with two attached hydrogens (primary N) is 3. The van der Waals surface area contributed by atoms with Crippen molar-refractivity contribution in [3.8, 4) is 0 Å². The fraction of sp³-hybridized carbons (Fsp3) is 0. The molecule has 0 atom stereocenters. The normalized spacial score (nSPS) is 5.54. The third-order valence-corrected chi connectivity index (χ3v) is 0. The molecule has 3 nitrogen and oxygen atoms in total. The molecule has 0 aromatic carbocycles. The Morgan fingerprint density at radius 2 is 0.692 bits per heavy atom. The zero-order chi connectivity index (χ0) is 10.7. The van der Waals surface area contributed by atoms with E-state index in [-0.39, 0.29) is 31.5 Å². The molecule has 13 heavy (non-hydrogen) atoms. The molecule has 77 valence electrons.